The first-order valence-electron chi connectivity index (χ1n) is 5.55. The first-order valence-corrected chi connectivity index (χ1v) is 6.47. The number of aryl methyl sites for hydroxylation is 1. The topological polar surface area (TPSA) is 22.1 Å². The van der Waals surface area contributed by atoms with Crippen LogP contribution in [0.4, 0.5) is 0 Å². The van der Waals surface area contributed by atoms with Crippen molar-refractivity contribution in [2.75, 3.05) is 7.11 Å². The van der Waals surface area contributed by atoms with E-state index in [4.69, 9.17) is 4.74 Å². The van der Waals surface area contributed by atoms with E-state index in [-0.39, 0.29) is 0 Å². The van der Waals surface area contributed by atoms with Gasteiger partial charge in [0.25, 0.3) is 0 Å². The maximum absolute atomic E-state index is 5.15. The Morgan fingerprint density at radius 3 is 2.62 bits per heavy atom. The van der Waals surface area contributed by atoms with Gasteiger partial charge in [-0.05, 0) is 29.9 Å². The van der Waals surface area contributed by atoms with Crippen LogP contribution in [0.2, 0.25) is 0 Å². The summed E-state index contributed by atoms with van der Waals surface area (Å²) in [6.07, 6.45) is 5.78. The summed E-state index contributed by atoms with van der Waals surface area (Å²) in [5, 5.41) is 0. The van der Waals surface area contributed by atoms with E-state index in [1.807, 2.05) is 6.20 Å². The van der Waals surface area contributed by atoms with Gasteiger partial charge in [0.05, 0.1) is 13.3 Å². The molecular weight excluding hydrogens is 266 g/mol. The lowest BCUT2D eigenvalue weighted by Crippen LogP contribution is -2.20. The van der Waals surface area contributed by atoms with Crippen LogP contribution < -0.4 is 4.74 Å². The van der Waals surface area contributed by atoms with Gasteiger partial charge in [-0.3, -0.25) is 4.98 Å². The molecule has 0 amide bonds. The minimum Gasteiger partial charge on any atom is -0.495 e. The highest BCUT2D eigenvalue weighted by Gasteiger charge is 2.21. The van der Waals surface area contributed by atoms with E-state index in [2.05, 4.69) is 47.8 Å². The predicted octanol–water partition coefficient (Wildman–Crippen LogP) is 3.83. The molecule has 2 nitrogen and oxygen atoms in total. The highest BCUT2D eigenvalue weighted by Crippen LogP contribution is 2.29. The fraction of sp³-hybridized carbons (Fsp3) is 0.615. The molecule has 0 N–H and O–H groups in total. The number of nitrogens with zero attached hydrogens (tertiary/aromatic N) is 1. The van der Waals surface area contributed by atoms with Crippen molar-refractivity contribution in [2.45, 2.75) is 38.4 Å². The molecule has 1 aromatic heterocycles. The molecule has 0 radical (unpaired) electrons. The molecule has 1 atom stereocenters. The van der Waals surface area contributed by atoms with Crippen molar-refractivity contribution in [2.24, 2.45) is 5.41 Å². The Morgan fingerprint density at radius 2 is 2.06 bits per heavy atom. The monoisotopic (exact) mass is 285 g/mol. The SMILES string of the molecule is COc1cncc(CCC(Br)C(C)(C)C)c1. The summed E-state index contributed by atoms with van der Waals surface area (Å²) in [6.45, 7) is 6.74. The Kier molecular flexibility index (Phi) is 4.78. The number of hydrogen-bond acceptors (Lipinski definition) is 2. The van der Waals surface area contributed by atoms with Gasteiger partial charge < -0.3 is 4.74 Å². The van der Waals surface area contributed by atoms with Crippen molar-refractivity contribution < 1.29 is 4.74 Å². The van der Waals surface area contributed by atoms with Crippen LogP contribution in [0.1, 0.15) is 32.8 Å². The first kappa shape index (κ1) is 13.5. The number of alkyl halides is 1. The minimum absolute atomic E-state index is 0.298. The molecule has 0 saturated heterocycles. The van der Waals surface area contributed by atoms with Crippen molar-refractivity contribution in [3.63, 3.8) is 0 Å². The molecule has 1 heterocycles. The normalized spacial score (nSPS) is 13.6. The Balaban J connectivity index is 2.54. The van der Waals surface area contributed by atoms with Gasteiger partial charge in [-0.1, -0.05) is 36.7 Å². The molecule has 90 valence electrons. The molecule has 1 unspecified atom stereocenters. The predicted molar refractivity (Wildman–Crippen MR) is 71.3 cm³/mol. The second-order valence-corrected chi connectivity index (χ2v) is 6.21. The molecule has 0 aliphatic heterocycles. The second-order valence-electron chi connectivity index (χ2n) is 5.11. The number of ether oxygens (including phenoxy) is 1. The summed E-state index contributed by atoms with van der Waals surface area (Å²) in [5.74, 6) is 0.833. The zero-order valence-electron chi connectivity index (χ0n) is 10.5. The highest BCUT2D eigenvalue weighted by molar-refractivity contribution is 9.09. The Bertz CT molecular complexity index is 333. The summed E-state index contributed by atoms with van der Waals surface area (Å²) in [7, 11) is 1.67. The van der Waals surface area contributed by atoms with Crippen molar-refractivity contribution in [1.82, 2.24) is 4.98 Å². The maximum atomic E-state index is 5.15. The van der Waals surface area contributed by atoms with E-state index in [1.54, 1.807) is 13.3 Å². The van der Waals surface area contributed by atoms with Gasteiger partial charge in [-0.15, -0.1) is 0 Å². The smallest absolute Gasteiger partial charge is 0.137 e. The zero-order chi connectivity index (χ0) is 12.2. The van der Waals surface area contributed by atoms with Crippen LogP contribution in [0.15, 0.2) is 18.5 Å². The van der Waals surface area contributed by atoms with Gasteiger partial charge in [0, 0.05) is 11.0 Å². The van der Waals surface area contributed by atoms with E-state index >= 15 is 0 Å². The van der Waals surface area contributed by atoms with Crippen LogP contribution in [0.3, 0.4) is 0 Å². The van der Waals surface area contributed by atoms with E-state index in [9.17, 15) is 0 Å². The molecule has 0 aliphatic carbocycles. The molecule has 0 aromatic carbocycles. The summed E-state index contributed by atoms with van der Waals surface area (Å²) in [5.41, 5.74) is 1.53. The van der Waals surface area contributed by atoms with E-state index < -0.39 is 0 Å². The molecule has 0 spiro atoms. The third-order valence-corrected chi connectivity index (χ3v) is 4.46. The molecule has 16 heavy (non-hydrogen) atoms. The van der Waals surface area contributed by atoms with E-state index in [0.29, 0.717) is 10.2 Å². The summed E-state index contributed by atoms with van der Waals surface area (Å²) in [4.78, 5) is 4.67. The van der Waals surface area contributed by atoms with Gasteiger partial charge >= 0.3 is 0 Å². The number of methoxy groups -OCH3 is 1. The second kappa shape index (κ2) is 5.67. The van der Waals surface area contributed by atoms with Crippen molar-refractivity contribution in [1.29, 1.82) is 0 Å². The number of halogens is 1. The number of hydrogen-bond donors (Lipinski definition) is 0. The van der Waals surface area contributed by atoms with E-state index in [0.717, 1.165) is 18.6 Å². The quantitative estimate of drug-likeness (QED) is 0.785. The van der Waals surface area contributed by atoms with E-state index in [1.165, 1.54) is 5.56 Å². The number of aromatic nitrogens is 1. The highest BCUT2D eigenvalue weighted by atomic mass is 79.9. The minimum atomic E-state index is 0.298. The third kappa shape index (κ3) is 4.12. The maximum Gasteiger partial charge on any atom is 0.137 e. The number of pyridine rings is 1. The molecule has 3 heteroatoms. The average Bonchev–Trinajstić information content (AvgIpc) is 2.25. The van der Waals surface area contributed by atoms with Crippen LogP contribution >= 0.6 is 15.9 Å². The Hall–Kier alpha value is -0.570. The largest absolute Gasteiger partial charge is 0.495 e. The molecule has 1 rings (SSSR count). The Morgan fingerprint density at radius 1 is 1.38 bits per heavy atom. The van der Waals surface area contributed by atoms with Crippen molar-refractivity contribution in [3.8, 4) is 5.75 Å². The fourth-order valence-corrected chi connectivity index (χ4v) is 1.67. The van der Waals surface area contributed by atoms with Crippen LogP contribution in [0.5, 0.6) is 5.75 Å². The summed E-state index contributed by atoms with van der Waals surface area (Å²) < 4.78 is 5.15. The van der Waals surface area contributed by atoms with Gasteiger partial charge in [0.2, 0.25) is 0 Å². The lowest BCUT2D eigenvalue weighted by Gasteiger charge is -2.25. The fourth-order valence-electron chi connectivity index (χ4n) is 1.44. The van der Waals surface area contributed by atoms with Gasteiger partial charge in [0.1, 0.15) is 5.75 Å². The van der Waals surface area contributed by atoms with Crippen LogP contribution in [-0.4, -0.2) is 16.9 Å². The molecule has 0 saturated carbocycles. The molecule has 0 bridgehead atoms. The van der Waals surface area contributed by atoms with Crippen LogP contribution in [0, 0.1) is 5.41 Å². The first-order chi connectivity index (χ1) is 7.43. The summed E-state index contributed by atoms with van der Waals surface area (Å²) in [6, 6.07) is 2.05. The lowest BCUT2D eigenvalue weighted by molar-refractivity contribution is 0.385. The summed E-state index contributed by atoms with van der Waals surface area (Å²) >= 11 is 3.74. The standard InChI is InChI=1S/C13H20BrNO/c1-13(2,3)12(14)6-5-10-7-11(16-4)9-15-8-10/h7-9,12H,5-6H2,1-4H3. The number of rotatable bonds is 4. The van der Waals surface area contributed by atoms with Gasteiger partial charge in [-0.25, -0.2) is 0 Å². The zero-order valence-corrected chi connectivity index (χ0v) is 12.0. The van der Waals surface area contributed by atoms with Crippen LogP contribution in [0.25, 0.3) is 0 Å². The molecule has 0 fully saturated rings. The third-order valence-electron chi connectivity index (χ3n) is 2.63. The molecule has 0 aliphatic rings. The lowest BCUT2D eigenvalue weighted by atomic mass is 9.89. The average molecular weight is 286 g/mol. The van der Waals surface area contributed by atoms with Crippen molar-refractivity contribution in [3.05, 3.63) is 24.0 Å². The Labute approximate surface area is 107 Å². The molecular formula is C13H20BrNO. The van der Waals surface area contributed by atoms with Crippen molar-refractivity contribution >= 4 is 15.9 Å². The van der Waals surface area contributed by atoms with Gasteiger partial charge in [-0.2, -0.15) is 0 Å². The van der Waals surface area contributed by atoms with Crippen LogP contribution in [-0.2, 0) is 6.42 Å². The molecule has 1 aromatic rings. The van der Waals surface area contributed by atoms with Gasteiger partial charge in [0.15, 0.2) is 0 Å².